The molecule has 1 aliphatic rings. The number of amides is 1. The Morgan fingerprint density at radius 3 is 1.96 bits per heavy atom. The minimum atomic E-state index is -0.104. The first-order valence-corrected chi connectivity index (χ1v) is 9.34. The summed E-state index contributed by atoms with van der Waals surface area (Å²) in [6.45, 7) is 4.16. The summed E-state index contributed by atoms with van der Waals surface area (Å²) in [6, 6.07) is 10.7. The Bertz CT molecular complexity index is 837. The first-order chi connectivity index (χ1) is 12.9. The summed E-state index contributed by atoms with van der Waals surface area (Å²) >= 11 is 12.3. The van der Waals surface area contributed by atoms with E-state index in [-0.39, 0.29) is 11.7 Å². The molecule has 2 aromatic rings. The number of methoxy groups -OCH3 is 1. The van der Waals surface area contributed by atoms with Gasteiger partial charge in [-0.1, -0.05) is 23.2 Å². The second kappa shape index (κ2) is 8.19. The van der Waals surface area contributed by atoms with Crippen LogP contribution in [0.2, 0.25) is 10.0 Å². The van der Waals surface area contributed by atoms with Gasteiger partial charge >= 0.3 is 0 Å². The normalized spacial score (nSPS) is 14.2. The van der Waals surface area contributed by atoms with Gasteiger partial charge in [0, 0.05) is 43.0 Å². The van der Waals surface area contributed by atoms with E-state index in [0.717, 1.165) is 5.69 Å². The van der Waals surface area contributed by atoms with E-state index in [2.05, 4.69) is 4.90 Å². The lowest BCUT2D eigenvalue weighted by Crippen LogP contribution is -2.48. The lowest BCUT2D eigenvalue weighted by molar-refractivity contribution is 0.0746. The van der Waals surface area contributed by atoms with Gasteiger partial charge in [0.15, 0.2) is 11.5 Å². The molecule has 0 unspecified atom stereocenters. The highest BCUT2D eigenvalue weighted by molar-refractivity contribution is 6.37. The van der Waals surface area contributed by atoms with Crippen LogP contribution in [-0.2, 0) is 0 Å². The van der Waals surface area contributed by atoms with E-state index in [1.165, 1.54) is 7.11 Å². The molecule has 142 valence electrons. The molecule has 1 saturated heterocycles. The highest BCUT2D eigenvalue weighted by Gasteiger charge is 2.24. The van der Waals surface area contributed by atoms with Crippen molar-refractivity contribution >= 4 is 40.6 Å². The minimum Gasteiger partial charge on any atom is -0.494 e. The van der Waals surface area contributed by atoms with Crippen LogP contribution in [-0.4, -0.2) is 49.9 Å². The quantitative estimate of drug-likeness (QED) is 0.714. The molecule has 0 aliphatic carbocycles. The van der Waals surface area contributed by atoms with Crippen molar-refractivity contribution in [3.63, 3.8) is 0 Å². The maximum Gasteiger partial charge on any atom is 0.254 e. The molecule has 1 fully saturated rings. The average molecular weight is 407 g/mol. The Kier molecular flexibility index (Phi) is 5.92. The second-order valence-corrected chi connectivity index (χ2v) is 7.17. The SMILES string of the molecule is COc1c(Cl)cc(C(=O)N2CCN(c3ccc(C(C)=O)cc3)CC2)cc1Cl. The number of ether oxygens (including phenoxy) is 1. The number of benzene rings is 2. The fourth-order valence-electron chi connectivity index (χ4n) is 3.14. The largest absolute Gasteiger partial charge is 0.494 e. The summed E-state index contributed by atoms with van der Waals surface area (Å²) in [5.74, 6) is 0.315. The number of piperazine rings is 1. The van der Waals surface area contributed by atoms with Crippen molar-refractivity contribution in [2.24, 2.45) is 0 Å². The standard InChI is InChI=1S/C20H20Cl2N2O3/c1-13(25)14-3-5-16(6-4-14)23-7-9-24(10-8-23)20(26)15-11-17(21)19(27-2)18(22)12-15/h3-6,11-12H,7-10H2,1-2H3. The second-order valence-electron chi connectivity index (χ2n) is 6.36. The van der Waals surface area contributed by atoms with E-state index >= 15 is 0 Å². The van der Waals surface area contributed by atoms with Gasteiger partial charge in [0.2, 0.25) is 0 Å². The summed E-state index contributed by atoms with van der Waals surface area (Å²) < 4.78 is 5.13. The Balaban J connectivity index is 1.66. The molecule has 2 aromatic carbocycles. The summed E-state index contributed by atoms with van der Waals surface area (Å²) in [7, 11) is 1.48. The molecule has 3 rings (SSSR count). The predicted molar refractivity (Wildman–Crippen MR) is 108 cm³/mol. The fraction of sp³-hybridized carbons (Fsp3) is 0.300. The summed E-state index contributed by atoms with van der Waals surface area (Å²) in [4.78, 5) is 28.2. The van der Waals surface area contributed by atoms with Crippen LogP contribution in [0, 0.1) is 0 Å². The van der Waals surface area contributed by atoms with Gasteiger partial charge in [0.25, 0.3) is 5.91 Å². The molecule has 0 radical (unpaired) electrons. The number of carbonyl (C=O) groups is 2. The van der Waals surface area contributed by atoms with E-state index in [9.17, 15) is 9.59 Å². The van der Waals surface area contributed by atoms with Gasteiger partial charge in [0.05, 0.1) is 17.2 Å². The monoisotopic (exact) mass is 406 g/mol. The summed E-state index contributed by atoms with van der Waals surface area (Å²) in [5, 5.41) is 0.634. The zero-order valence-electron chi connectivity index (χ0n) is 15.2. The van der Waals surface area contributed by atoms with E-state index < -0.39 is 0 Å². The molecule has 1 amide bonds. The number of ketones is 1. The van der Waals surface area contributed by atoms with Gasteiger partial charge < -0.3 is 14.5 Å². The lowest BCUT2D eigenvalue weighted by atomic mass is 10.1. The third-order valence-corrected chi connectivity index (χ3v) is 5.22. The smallest absolute Gasteiger partial charge is 0.254 e. The third-order valence-electron chi connectivity index (χ3n) is 4.66. The molecule has 7 heteroatoms. The number of nitrogens with zero attached hydrogens (tertiary/aromatic N) is 2. The van der Waals surface area contributed by atoms with Crippen LogP contribution in [0.5, 0.6) is 5.75 Å². The molecule has 5 nitrogen and oxygen atoms in total. The van der Waals surface area contributed by atoms with Gasteiger partial charge in [0.1, 0.15) is 0 Å². The van der Waals surface area contributed by atoms with Crippen molar-refractivity contribution in [2.45, 2.75) is 6.92 Å². The Morgan fingerprint density at radius 1 is 0.926 bits per heavy atom. The molecule has 27 heavy (non-hydrogen) atoms. The highest BCUT2D eigenvalue weighted by Crippen LogP contribution is 2.34. The van der Waals surface area contributed by atoms with Crippen LogP contribution in [0.15, 0.2) is 36.4 Å². The van der Waals surface area contributed by atoms with Crippen LogP contribution < -0.4 is 9.64 Å². The van der Waals surface area contributed by atoms with E-state index in [1.54, 1.807) is 24.0 Å². The van der Waals surface area contributed by atoms with Crippen LogP contribution in [0.25, 0.3) is 0 Å². The molecular formula is C20H20Cl2N2O3. The van der Waals surface area contributed by atoms with Crippen molar-refractivity contribution in [1.29, 1.82) is 0 Å². The van der Waals surface area contributed by atoms with Crippen molar-refractivity contribution in [3.05, 3.63) is 57.6 Å². The molecule has 0 saturated carbocycles. The van der Waals surface area contributed by atoms with Crippen LogP contribution in [0.4, 0.5) is 5.69 Å². The molecule has 0 aromatic heterocycles. The van der Waals surface area contributed by atoms with Crippen molar-refractivity contribution in [3.8, 4) is 5.75 Å². The number of rotatable bonds is 4. The zero-order valence-corrected chi connectivity index (χ0v) is 16.7. The number of hydrogen-bond acceptors (Lipinski definition) is 4. The van der Waals surface area contributed by atoms with E-state index in [1.807, 2.05) is 24.3 Å². The summed E-state index contributed by atoms with van der Waals surface area (Å²) in [6.07, 6.45) is 0. The zero-order chi connectivity index (χ0) is 19.6. The van der Waals surface area contributed by atoms with Crippen LogP contribution in [0.1, 0.15) is 27.6 Å². The predicted octanol–water partition coefficient (Wildman–Crippen LogP) is 4.17. The van der Waals surface area contributed by atoms with Crippen molar-refractivity contribution < 1.29 is 14.3 Å². The Labute approximate surface area is 168 Å². The number of halogens is 2. The van der Waals surface area contributed by atoms with E-state index in [4.69, 9.17) is 27.9 Å². The number of Topliss-reactive ketones (excluding diaryl/α,β-unsaturated/α-hetero) is 1. The first kappa shape index (κ1) is 19.5. The molecule has 0 spiro atoms. The first-order valence-electron chi connectivity index (χ1n) is 8.59. The molecule has 1 heterocycles. The van der Waals surface area contributed by atoms with Gasteiger partial charge in [-0.3, -0.25) is 9.59 Å². The van der Waals surface area contributed by atoms with E-state index in [0.29, 0.717) is 53.1 Å². The van der Waals surface area contributed by atoms with Crippen LogP contribution in [0.3, 0.4) is 0 Å². The van der Waals surface area contributed by atoms with Gasteiger partial charge in [-0.05, 0) is 43.3 Å². The minimum absolute atomic E-state index is 0.0498. The van der Waals surface area contributed by atoms with Crippen molar-refractivity contribution in [1.82, 2.24) is 4.90 Å². The number of carbonyl (C=O) groups excluding carboxylic acids is 2. The van der Waals surface area contributed by atoms with Gasteiger partial charge in [-0.2, -0.15) is 0 Å². The Hall–Kier alpha value is -2.24. The third kappa shape index (κ3) is 4.20. The highest BCUT2D eigenvalue weighted by atomic mass is 35.5. The molecule has 0 bridgehead atoms. The molecule has 1 aliphatic heterocycles. The maximum absolute atomic E-state index is 12.8. The maximum atomic E-state index is 12.8. The topological polar surface area (TPSA) is 49.9 Å². The van der Waals surface area contributed by atoms with Crippen LogP contribution >= 0.6 is 23.2 Å². The lowest BCUT2D eigenvalue weighted by Gasteiger charge is -2.36. The molecule has 0 N–H and O–H groups in total. The van der Waals surface area contributed by atoms with Gasteiger partial charge in [-0.15, -0.1) is 0 Å². The molecular weight excluding hydrogens is 387 g/mol. The summed E-state index contributed by atoms with van der Waals surface area (Å²) in [5.41, 5.74) is 2.19. The fourth-order valence-corrected chi connectivity index (χ4v) is 3.78. The number of hydrogen-bond donors (Lipinski definition) is 0. The van der Waals surface area contributed by atoms with Gasteiger partial charge in [-0.25, -0.2) is 0 Å². The molecule has 0 atom stereocenters. The van der Waals surface area contributed by atoms with Crippen molar-refractivity contribution in [2.75, 3.05) is 38.2 Å². The average Bonchev–Trinajstić information content (AvgIpc) is 2.67. The number of anilines is 1. The Morgan fingerprint density at radius 2 is 1.48 bits per heavy atom.